The number of nitrogens with zero attached hydrogens (tertiary/aromatic N) is 3. The van der Waals surface area contributed by atoms with Crippen LogP contribution >= 0.6 is 0 Å². The van der Waals surface area contributed by atoms with Gasteiger partial charge in [0.25, 0.3) is 11.5 Å². The number of ether oxygens (including phenoxy) is 2. The number of rotatable bonds is 8. The zero-order valence-electron chi connectivity index (χ0n) is 19.4. The van der Waals surface area contributed by atoms with Crippen LogP contribution in [0.1, 0.15) is 41.9 Å². The van der Waals surface area contributed by atoms with Gasteiger partial charge >= 0.3 is 5.69 Å². The largest absolute Gasteiger partial charge is 0.493 e. The van der Waals surface area contributed by atoms with Gasteiger partial charge in [-0.2, -0.15) is 9.78 Å². The fourth-order valence-electron chi connectivity index (χ4n) is 3.31. The van der Waals surface area contributed by atoms with Crippen molar-refractivity contribution in [2.75, 3.05) is 14.2 Å². The van der Waals surface area contributed by atoms with Crippen LogP contribution in [0.3, 0.4) is 0 Å². The first-order chi connectivity index (χ1) is 15.8. The first-order valence-electron chi connectivity index (χ1n) is 10.6. The lowest BCUT2D eigenvalue weighted by Crippen LogP contribution is -2.47. The Kier molecular flexibility index (Phi) is 7.32. The number of carbonyl (C=O) groups excluding carboxylic acids is 1. The van der Waals surface area contributed by atoms with Crippen LogP contribution in [-0.4, -0.2) is 40.5 Å². The molecule has 9 nitrogen and oxygen atoms in total. The summed E-state index contributed by atoms with van der Waals surface area (Å²) in [6, 6.07) is 12.1. The maximum absolute atomic E-state index is 13.3. The second-order valence-corrected chi connectivity index (χ2v) is 7.75. The van der Waals surface area contributed by atoms with Gasteiger partial charge in [0.05, 0.1) is 26.5 Å². The molecule has 0 saturated heterocycles. The highest BCUT2D eigenvalue weighted by molar-refractivity contribution is 5.91. The van der Waals surface area contributed by atoms with E-state index in [1.807, 2.05) is 45.0 Å². The highest BCUT2D eigenvalue weighted by Gasteiger charge is 2.22. The molecule has 0 saturated carbocycles. The zero-order valence-corrected chi connectivity index (χ0v) is 19.4. The average molecular weight is 453 g/mol. The normalized spacial score (nSPS) is 11.7. The van der Waals surface area contributed by atoms with Crippen molar-refractivity contribution in [2.24, 2.45) is 0 Å². The molecule has 0 aliphatic carbocycles. The molecule has 0 aliphatic heterocycles. The highest BCUT2D eigenvalue weighted by atomic mass is 16.5. The minimum Gasteiger partial charge on any atom is -0.493 e. The van der Waals surface area contributed by atoms with Gasteiger partial charge in [-0.3, -0.25) is 14.2 Å². The molecule has 1 atom stereocenters. The van der Waals surface area contributed by atoms with Gasteiger partial charge in [0.15, 0.2) is 11.5 Å². The van der Waals surface area contributed by atoms with Crippen molar-refractivity contribution < 1.29 is 14.3 Å². The number of methoxy groups -OCH3 is 2. The number of hydrogen-bond donors (Lipinski definition) is 1. The number of hydrogen-bond acceptors (Lipinski definition) is 6. The van der Waals surface area contributed by atoms with Crippen molar-refractivity contribution >= 4 is 5.91 Å². The lowest BCUT2D eigenvalue weighted by atomic mass is 10.1. The summed E-state index contributed by atoms with van der Waals surface area (Å²) in [6.07, 6.45) is 0.679. The van der Waals surface area contributed by atoms with Crippen molar-refractivity contribution in [2.45, 2.75) is 39.8 Å². The number of carbonyl (C=O) groups is 1. The molecule has 1 amide bonds. The SMILES string of the molecule is CCC(C)NC(=O)c1nn(-c2ccc(OC)c(OC)c2)c(=O)n(Cc2cccc(C)c2)c1=O. The van der Waals surface area contributed by atoms with E-state index in [9.17, 15) is 14.4 Å². The van der Waals surface area contributed by atoms with Crippen LogP contribution in [0.25, 0.3) is 5.69 Å². The fraction of sp³-hybridized carbons (Fsp3) is 0.333. The van der Waals surface area contributed by atoms with E-state index >= 15 is 0 Å². The van der Waals surface area contributed by atoms with Gasteiger partial charge in [-0.25, -0.2) is 4.79 Å². The predicted molar refractivity (Wildman–Crippen MR) is 125 cm³/mol. The molecule has 0 fully saturated rings. The summed E-state index contributed by atoms with van der Waals surface area (Å²) in [7, 11) is 2.98. The average Bonchev–Trinajstić information content (AvgIpc) is 2.81. The van der Waals surface area contributed by atoms with Crippen molar-refractivity contribution in [1.82, 2.24) is 19.7 Å². The van der Waals surface area contributed by atoms with E-state index < -0.39 is 17.2 Å². The molecule has 0 bridgehead atoms. The predicted octanol–water partition coefficient (Wildman–Crippen LogP) is 2.30. The van der Waals surface area contributed by atoms with Gasteiger partial charge < -0.3 is 14.8 Å². The minimum absolute atomic E-state index is 0.00122. The molecule has 2 aromatic carbocycles. The topological polar surface area (TPSA) is 104 Å². The first-order valence-corrected chi connectivity index (χ1v) is 10.6. The van der Waals surface area contributed by atoms with Crippen LogP contribution in [0.15, 0.2) is 52.1 Å². The van der Waals surface area contributed by atoms with Crippen molar-refractivity contribution in [3.05, 3.63) is 80.1 Å². The quantitative estimate of drug-likeness (QED) is 0.562. The number of benzene rings is 2. The number of aryl methyl sites for hydroxylation is 1. The van der Waals surface area contributed by atoms with Crippen LogP contribution in [0.2, 0.25) is 0 Å². The van der Waals surface area contributed by atoms with E-state index in [1.165, 1.54) is 14.2 Å². The molecule has 3 aromatic rings. The zero-order chi connectivity index (χ0) is 24.1. The molecule has 0 aliphatic rings. The van der Waals surface area contributed by atoms with Crippen LogP contribution in [0.5, 0.6) is 11.5 Å². The van der Waals surface area contributed by atoms with E-state index in [0.29, 0.717) is 23.6 Å². The summed E-state index contributed by atoms with van der Waals surface area (Å²) in [5.41, 5.74) is 0.288. The lowest BCUT2D eigenvalue weighted by Gasteiger charge is -2.15. The molecule has 174 valence electrons. The lowest BCUT2D eigenvalue weighted by molar-refractivity contribution is 0.0929. The Morgan fingerprint density at radius 2 is 1.82 bits per heavy atom. The van der Waals surface area contributed by atoms with Gasteiger partial charge in [-0.05, 0) is 38.0 Å². The molecule has 0 spiro atoms. The van der Waals surface area contributed by atoms with Crippen LogP contribution < -0.4 is 26.0 Å². The van der Waals surface area contributed by atoms with E-state index in [-0.39, 0.29) is 18.3 Å². The molecule has 9 heteroatoms. The summed E-state index contributed by atoms with van der Waals surface area (Å²) >= 11 is 0. The molecule has 1 unspecified atom stereocenters. The Morgan fingerprint density at radius 3 is 2.45 bits per heavy atom. The van der Waals surface area contributed by atoms with Crippen molar-refractivity contribution in [1.29, 1.82) is 0 Å². The third kappa shape index (κ3) is 5.14. The minimum atomic E-state index is -0.751. The Bertz CT molecular complexity index is 1280. The van der Waals surface area contributed by atoms with Gasteiger partial charge in [-0.15, -0.1) is 0 Å². The highest BCUT2D eigenvalue weighted by Crippen LogP contribution is 2.28. The Balaban J connectivity index is 2.22. The Labute approximate surface area is 191 Å². The number of amides is 1. The smallest absolute Gasteiger partial charge is 0.352 e. The standard InChI is InChI=1S/C24H28N4O5/c1-6-16(3)25-22(29)21-23(30)27(14-17-9-7-8-15(2)12-17)24(31)28(26-21)18-10-11-19(32-4)20(13-18)33-5/h7-13,16H,6,14H2,1-5H3,(H,25,29). The summed E-state index contributed by atoms with van der Waals surface area (Å²) < 4.78 is 12.6. The summed E-state index contributed by atoms with van der Waals surface area (Å²) in [6.45, 7) is 5.66. The van der Waals surface area contributed by atoms with Crippen LogP contribution in [0, 0.1) is 6.92 Å². The van der Waals surface area contributed by atoms with Gasteiger partial charge in [0.2, 0.25) is 5.69 Å². The maximum atomic E-state index is 13.3. The van der Waals surface area contributed by atoms with E-state index in [4.69, 9.17) is 9.47 Å². The maximum Gasteiger partial charge on any atom is 0.352 e. The third-order valence-corrected chi connectivity index (χ3v) is 5.30. The van der Waals surface area contributed by atoms with Gasteiger partial charge in [0, 0.05) is 12.1 Å². The summed E-state index contributed by atoms with van der Waals surface area (Å²) in [4.78, 5) is 39.4. The third-order valence-electron chi connectivity index (χ3n) is 5.30. The first kappa shape index (κ1) is 23.8. The van der Waals surface area contributed by atoms with E-state index in [1.54, 1.807) is 18.2 Å². The second kappa shape index (κ2) is 10.2. The molecule has 1 N–H and O–H groups in total. The van der Waals surface area contributed by atoms with Crippen LogP contribution in [-0.2, 0) is 6.54 Å². The fourth-order valence-corrected chi connectivity index (χ4v) is 3.31. The van der Waals surface area contributed by atoms with Gasteiger partial charge in [-0.1, -0.05) is 36.8 Å². The Hall–Kier alpha value is -3.88. The van der Waals surface area contributed by atoms with Crippen LogP contribution in [0.4, 0.5) is 0 Å². The molecule has 33 heavy (non-hydrogen) atoms. The van der Waals surface area contributed by atoms with E-state index in [0.717, 1.165) is 20.4 Å². The van der Waals surface area contributed by atoms with E-state index in [2.05, 4.69) is 10.4 Å². The number of nitrogens with one attached hydrogen (secondary N) is 1. The monoisotopic (exact) mass is 452 g/mol. The molecular formula is C24H28N4O5. The second-order valence-electron chi connectivity index (χ2n) is 7.75. The summed E-state index contributed by atoms with van der Waals surface area (Å²) in [5.74, 6) is 0.212. The number of aromatic nitrogens is 3. The molecule has 1 aromatic heterocycles. The molecule has 0 radical (unpaired) electrons. The molecule has 1 heterocycles. The van der Waals surface area contributed by atoms with Crippen molar-refractivity contribution in [3.63, 3.8) is 0 Å². The van der Waals surface area contributed by atoms with Gasteiger partial charge in [0.1, 0.15) is 0 Å². The molecule has 3 rings (SSSR count). The van der Waals surface area contributed by atoms with Crippen molar-refractivity contribution in [3.8, 4) is 17.2 Å². The summed E-state index contributed by atoms with van der Waals surface area (Å²) in [5, 5.41) is 6.89. The molecular weight excluding hydrogens is 424 g/mol. The Morgan fingerprint density at radius 1 is 1.09 bits per heavy atom.